The first-order valence-electron chi connectivity index (χ1n) is 9.48. The first kappa shape index (κ1) is 20.5. The molecule has 0 N–H and O–H groups in total. The highest BCUT2D eigenvalue weighted by Gasteiger charge is 2.20. The molecule has 0 saturated heterocycles. The van der Waals surface area contributed by atoms with E-state index in [-0.39, 0.29) is 17.6 Å². The van der Waals surface area contributed by atoms with Gasteiger partial charge in [0.1, 0.15) is 17.2 Å². The third-order valence-corrected chi connectivity index (χ3v) is 5.04. The highest BCUT2D eigenvalue weighted by molar-refractivity contribution is 5.81. The summed E-state index contributed by atoms with van der Waals surface area (Å²) in [6.07, 6.45) is 0. The van der Waals surface area contributed by atoms with Crippen molar-refractivity contribution in [3.63, 3.8) is 0 Å². The van der Waals surface area contributed by atoms with Gasteiger partial charge < -0.3 is 23.2 Å². The zero-order chi connectivity index (χ0) is 22.3. The molecule has 10 heteroatoms. The maximum Gasteiger partial charge on any atom is 0.297 e. The van der Waals surface area contributed by atoms with Gasteiger partial charge >= 0.3 is 0 Å². The Morgan fingerprint density at radius 1 is 1.00 bits per heavy atom. The number of fused-ring (bicyclic) bond motifs is 1. The molecule has 3 heterocycles. The molecule has 0 aliphatic carbocycles. The lowest BCUT2D eigenvalue weighted by molar-refractivity contribution is 0.324. The molecular weight excluding hydrogens is 404 g/mol. The number of aromatic nitrogens is 4. The number of hydrogen-bond acceptors (Lipinski definition) is 9. The Morgan fingerprint density at radius 2 is 1.68 bits per heavy atom. The number of nitrogens with zero attached hydrogens (tertiary/aromatic N) is 4. The minimum atomic E-state index is -0.353. The first-order chi connectivity index (χ1) is 14.9. The van der Waals surface area contributed by atoms with Gasteiger partial charge in [-0.25, -0.2) is 9.67 Å². The Hall–Kier alpha value is -3.82. The Bertz CT molecular complexity index is 1310. The lowest BCUT2D eigenvalue weighted by Gasteiger charge is -2.12. The molecule has 4 aromatic rings. The predicted octanol–water partition coefficient (Wildman–Crippen LogP) is 3.04. The van der Waals surface area contributed by atoms with Crippen molar-refractivity contribution in [1.82, 2.24) is 19.9 Å². The smallest absolute Gasteiger partial charge is 0.297 e. The van der Waals surface area contributed by atoms with E-state index in [2.05, 4.69) is 15.2 Å². The van der Waals surface area contributed by atoms with Gasteiger partial charge in [-0.3, -0.25) is 4.79 Å². The van der Waals surface area contributed by atoms with Crippen molar-refractivity contribution in [2.45, 2.75) is 27.3 Å². The van der Waals surface area contributed by atoms with Crippen molar-refractivity contribution in [1.29, 1.82) is 0 Å². The molecule has 0 radical (unpaired) electrons. The monoisotopic (exact) mass is 426 g/mol. The molecule has 10 nitrogen and oxygen atoms in total. The average molecular weight is 426 g/mol. The van der Waals surface area contributed by atoms with E-state index >= 15 is 0 Å². The fourth-order valence-electron chi connectivity index (χ4n) is 3.49. The average Bonchev–Trinajstić information content (AvgIpc) is 3.33. The van der Waals surface area contributed by atoms with Crippen molar-refractivity contribution in [2.24, 2.45) is 0 Å². The number of aryl methyl sites for hydroxylation is 3. The molecule has 1 aromatic carbocycles. The molecule has 0 aliphatic rings. The molecule has 0 aliphatic heterocycles. The Morgan fingerprint density at radius 3 is 2.29 bits per heavy atom. The van der Waals surface area contributed by atoms with Crippen molar-refractivity contribution in [2.75, 3.05) is 21.3 Å². The van der Waals surface area contributed by atoms with Crippen molar-refractivity contribution >= 4 is 10.9 Å². The fourth-order valence-corrected chi connectivity index (χ4v) is 3.49. The van der Waals surface area contributed by atoms with E-state index in [1.807, 2.05) is 0 Å². The molecule has 0 saturated carbocycles. The summed E-state index contributed by atoms with van der Waals surface area (Å²) in [5.74, 6) is 2.91. The van der Waals surface area contributed by atoms with Crippen molar-refractivity contribution in [3.8, 4) is 28.7 Å². The van der Waals surface area contributed by atoms with Crippen molar-refractivity contribution < 1.29 is 23.2 Å². The third-order valence-electron chi connectivity index (χ3n) is 5.04. The lowest BCUT2D eigenvalue weighted by atomic mass is 10.2. The van der Waals surface area contributed by atoms with E-state index in [9.17, 15) is 4.79 Å². The van der Waals surface area contributed by atoms with Gasteiger partial charge in [-0.15, -0.1) is 0 Å². The Labute approximate surface area is 177 Å². The van der Waals surface area contributed by atoms with E-state index < -0.39 is 0 Å². The standard InChI is InChI=1S/C21H22N4O6/c1-10-17-12(3)31-24-18(17)21(26)25(23-10)9-14-11(2)30-20(22-14)13-7-15(27-4)19(29-6)16(8-13)28-5/h7-8H,9H2,1-6H3. The van der Waals surface area contributed by atoms with Crippen LogP contribution in [0, 0.1) is 20.8 Å². The van der Waals surface area contributed by atoms with Crippen LogP contribution in [0.3, 0.4) is 0 Å². The lowest BCUT2D eigenvalue weighted by Crippen LogP contribution is -2.25. The summed E-state index contributed by atoms with van der Waals surface area (Å²) in [6.45, 7) is 5.46. The fraction of sp³-hybridized carbons (Fsp3) is 0.333. The van der Waals surface area contributed by atoms with Crippen LogP contribution < -0.4 is 19.8 Å². The summed E-state index contributed by atoms with van der Waals surface area (Å²) in [4.78, 5) is 17.4. The van der Waals surface area contributed by atoms with Gasteiger partial charge in [0.05, 0.1) is 39.0 Å². The van der Waals surface area contributed by atoms with Crippen LogP contribution in [0.4, 0.5) is 0 Å². The number of ether oxygens (including phenoxy) is 3. The van der Waals surface area contributed by atoms with Crippen molar-refractivity contribution in [3.05, 3.63) is 45.4 Å². The van der Waals surface area contributed by atoms with Gasteiger partial charge in [0.25, 0.3) is 5.56 Å². The summed E-state index contributed by atoms with van der Waals surface area (Å²) in [6, 6.07) is 3.49. The maximum absolute atomic E-state index is 12.8. The van der Waals surface area contributed by atoms with Gasteiger partial charge in [0.2, 0.25) is 11.6 Å². The number of benzene rings is 1. The molecule has 0 spiro atoms. The van der Waals surface area contributed by atoms with Crippen LogP contribution in [-0.2, 0) is 6.54 Å². The van der Waals surface area contributed by atoms with Gasteiger partial charge in [-0.1, -0.05) is 5.16 Å². The predicted molar refractivity (Wildman–Crippen MR) is 111 cm³/mol. The summed E-state index contributed by atoms with van der Waals surface area (Å²) >= 11 is 0. The summed E-state index contributed by atoms with van der Waals surface area (Å²) < 4.78 is 28.5. The highest BCUT2D eigenvalue weighted by Crippen LogP contribution is 2.41. The van der Waals surface area contributed by atoms with Gasteiger partial charge in [-0.05, 0) is 32.9 Å². The second kappa shape index (κ2) is 7.78. The van der Waals surface area contributed by atoms with E-state index in [0.717, 1.165) is 0 Å². The van der Waals surface area contributed by atoms with E-state index in [0.29, 0.717) is 57.0 Å². The van der Waals surface area contributed by atoms with E-state index in [4.69, 9.17) is 23.2 Å². The van der Waals surface area contributed by atoms with Gasteiger partial charge in [-0.2, -0.15) is 5.10 Å². The summed E-state index contributed by atoms with van der Waals surface area (Å²) in [5.41, 5.74) is 1.75. The Kier molecular flexibility index (Phi) is 5.14. The minimum Gasteiger partial charge on any atom is -0.493 e. The quantitative estimate of drug-likeness (QED) is 0.459. The van der Waals surface area contributed by atoms with Crippen LogP contribution in [-0.4, -0.2) is 41.3 Å². The first-order valence-corrected chi connectivity index (χ1v) is 9.48. The molecule has 0 unspecified atom stereocenters. The highest BCUT2D eigenvalue weighted by atomic mass is 16.5. The number of rotatable bonds is 6. The second-order valence-corrected chi connectivity index (χ2v) is 6.95. The summed E-state index contributed by atoms with van der Waals surface area (Å²) in [5, 5.41) is 8.91. The van der Waals surface area contributed by atoms with Crippen LogP contribution in [0.25, 0.3) is 22.4 Å². The second-order valence-electron chi connectivity index (χ2n) is 6.95. The molecule has 0 amide bonds. The molecule has 0 fully saturated rings. The zero-order valence-corrected chi connectivity index (χ0v) is 18.1. The molecule has 3 aromatic heterocycles. The minimum absolute atomic E-state index is 0.126. The molecule has 0 atom stereocenters. The normalized spacial score (nSPS) is 11.2. The van der Waals surface area contributed by atoms with Crippen LogP contribution in [0.15, 0.2) is 25.9 Å². The van der Waals surface area contributed by atoms with Gasteiger partial charge in [0, 0.05) is 5.56 Å². The van der Waals surface area contributed by atoms with Crippen LogP contribution in [0.1, 0.15) is 22.9 Å². The largest absolute Gasteiger partial charge is 0.493 e. The molecule has 162 valence electrons. The molecular formula is C21H22N4O6. The molecule has 0 bridgehead atoms. The number of hydrogen-bond donors (Lipinski definition) is 0. The van der Waals surface area contributed by atoms with Crippen LogP contribution in [0.2, 0.25) is 0 Å². The summed E-state index contributed by atoms with van der Waals surface area (Å²) in [7, 11) is 4.61. The number of oxazole rings is 1. The zero-order valence-electron chi connectivity index (χ0n) is 18.1. The van der Waals surface area contributed by atoms with Crippen LogP contribution >= 0.6 is 0 Å². The number of methoxy groups -OCH3 is 3. The Balaban J connectivity index is 1.75. The SMILES string of the molecule is COc1cc(-c2nc(Cn3nc(C)c4c(C)onc4c3=O)c(C)o2)cc(OC)c1OC. The van der Waals surface area contributed by atoms with E-state index in [1.54, 1.807) is 32.9 Å². The third kappa shape index (κ3) is 3.39. The van der Waals surface area contributed by atoms with Gasteiger partial charge in [0.15, 0.2) is 17.0 Å². The topological polar surface area (TPSA) is 115 Å². The van der Waals surface area contributed by atoms with E-state index in [1.165, 1.54) is 26.0 Å². The molecule has 31 heavy (non-hydrogen) atoms. The molecule has 4 rings (SSSR count). The maximum atomic E-state index is 12.8. The van der Waals surface area contributed by atoms with Crippen LogP contribution in [0.5, 0.6) is 17.2 Å².